The van der Waals surface area contributed by atoms with Gasteiger partial charge < -0.3 is 5.73 Å². The van der Waals surface area contributed by atoms with Crippen molar-refractivity contribution >= 4 is 5.69 Å². The fourth-order valence-electron chi connectivity index (χ4n) is 2.87. The summed E-state index contributed by atoms with van der Waals surface area (Å²) in [7, 11) is 0. The number of halogens is 1. The van der Waals surface area contributed by atoms with Crippen LogP contribution in [0.15, 0.2) is 18.2 Å². The van der Waals surface area contributed by atoms with Crippen molar-refractivity contribution in [1.29, 1.82) is 0 Å². The van der Waals surface area contributed by atoms with Gasteiger partial charge in [-0.1, -0.05) is 6.42 Å². The average Bonchev–Trinajstić information content (AvgIpc) is 2.41. The van der Waals surface area contributed by atoms with E-state index in [1.165, 1.54) is 12.1 Å². The van der Waals surface area contributed by atoms with Crippen LogP contribution < -0.4 is 5.73 Å². The zero-order chi connectivity index (χ0) is 14.5. The van der Waals surface area contributed by atoms with Crippen molar-refractivity contribution in [3.63, 3.8) is 0 Å². The topological polar surface area (TPSA) is 72.4 Å². The predicted molar refractivity (Wildman–Crippen MR) is 74.8 cm³/mol. The van der Waals surface area contributed by atoms with E-state index in [2.05, 4.69) is 4.90 Å². The number of nitro benzene ring substituents is 1. The first-order valence-electron chi connectivity index (χ1n) is 6.98. The largest absolute Gasteiger partial charge is 0.330 e. The van der Waals surface area contributed by atoms with Gasteiger partial charge in [0, 0.05) is 24.2 Å². The molecule has 1 aromatic rings. The summed E-state index contributed by atoms with van der Waals surface area (Å²) < 4.78 is 13.3. The van der Waals surface area contributed by atoms with Gasteiger partial charge in [0.1, 0.15) is 5.82 Å². The summed E-state index contributed by atoms with van der Waals surface area (Å²) in [6, 6.07) is 3.99. The minimum absolute atomic E-state index is 0.0107. The van der Waals surface area contributed by atoms with Gasteiger partial charge in [0.25, 0.3) is 5.69 Å². The number of nitrogens with zero attached hydrogens (tertiary/aromatic N) is 2. The first-order chi connectivity index (χ1) is 9.61. The molecule has 0 radical (unpaired) electrons. The fourth-order valence-corrected chi connectivity index (χ4v) is 2.87. The van der Waals surface area contributed by atoms with E-state index in [1.54, 1.807) is 0 Å². The maximum absolute atomic E-state index is 13.3. The molecule has 0 aromatic heterocycles. The third-order valence-electron chi connectivity index (χ3n) is 3.86. The monoisotopic (exact) mass is 281 g/mol. The molecule has 1 aliphatic heterocycles. The van der Waals surface area contributed by atoms with Crippen LogP contribution in [0.3, 0.4) is 0 Å². The summed E-state index contributed by atoms with van der Waals surface area (Å²) >= 11 is 0. The molecule has 1 unspecified atom stereocenters. The average molecular weight is 281 g/mol. The molecule has 2 N–H and O–H groups in total. The van der Waals surface area contributed by atoms with Crippen LogP contribution >= 0.6 is 0 Å². The van der Waals surface area contributed by atoms with E-state index >= 15 is 0 Å². The molecule has 20 heavy (non-hydrogen) atoms. The molecule has 1 heterocycles. The standard InChI is InChI=1S/C14H20FN3O2/c15-12-4-5-14(18(19)20)11(9-12)10-17-8-2-1-3-13(17)6-7-16/h4-5,9,13H,1-3,6-8,10,16H2. The molecule has 1 aromatic carbocycles. The Morgan fingerprint density at radius 1 is 1.45 bits per heavy atom. The summed E-state index contributed by atoms with van der Waals surface area (Å²) in [5.74, 6) is -0.432. The van der Waals surface area contributed by atoms with Gasteiger partial charge in [-0.3, -0.25) is 15.0 Å². The van der Waals surface area contributed by atoms with E-state index in [0.29, 0.717) is 24.7 Å². The zero-order valence-corrected chi connectivity index (χ0v) is 11.4. The minimum atomic E-state index is -0.448. The predicted octanol–water partition coefficient (Wildman–Crippen LogP) is 2.44. The normalized spacial score (nSPS) is 20.0. The van der Waals surface area contributed by atoms with Gasteiger partial charge in [0.2, 0.25) is 0 Å². The SMILES string of the molecule is NCCC1CCCCN1Cc1cc(F)ccc1[N+](=O)[O-]. The summed E-state index contributed by atoms with van der Waals surface area (Å²) in [5.41, 5.74) is 6.06. The molecule has 110 valence electrons. The molecule has 1 aliphatic rings. The van der Waals surface area contributed by atoms with Gasteiger partial charge >= 0.3 is 0 Å². The van der Waals surface area contributed by atoms with E-state index in [-0.39, 0.29) is 5.69 Å². The fraction of sp³-hybridized carbons (Fsp3) is 0.571. The van der Waals surface area contributed by atoms with Crippen molar-refractivity contribution in [2.75, 3.05) is 13.1 Å². The highest BCUT2D eigenvalue weighted by Crippen LogP contribution is 2.26. The van der Waals surface area contributed by atoms with Crippen molar-refractivity contribution in [1.82, 2.24) is 4.90 Å². The Hall–Kier alpha value is -1.53. The van der Waals surface area contributed by atoms with E-state index in [4.69, 9.17) is 5.73 Å². The molecule has 2 rings (SSSR count). The second-order valence-corrected chi connectivity index (χ2v) is 5.23. The third-order valence-corrected chi connectivity index (χ3v) is 3.86. The van der Waals surface area contributed by atoms with Crippen LogP contribution in [-0.2, 0) is 6.54 Å². The molecule has 0 amide bonds. The number of benzene rings is 1. The Labute approximate surface area is 117 Å². The Morgan fingerprint density at radius 3 is 2.95 bits per heavy atom. The lowest BCUT2D eigenvalue weighted by Gasteiger charge is -2.35. The van der Waals surface area contributed by atoms with Crippen LogP contribution in [0.5, 0.6) is 0 Å². The van der Waals surface area contributed by atoms with Crippen LogP contribution in [0.4, 0.5) is 10.1 Å². The molecular formula is C14H20FN3O2. The molecular weight excluding hydrogens is 261 g/mol. The summed E-state index contributed by atoms with van der Waals surface area (Å²) in [4.78, 5) is 12.8. The number of hydrogen-bond donors (Lipinski definition) is 1. The van der Waals surface area contributed by atoms with Crippen molar-refractivity contribution in [2.45, 2.75) is 38.3 Å². The first-order valence-corrected chi connectivity index (χ1v) is 6.98. The van der Waals surface area contributed by atoms with Crippen molar-refractivity contribution < 1.29 is 9.31 Å². The van der Waals surface area contributed by atoms with Gasteiger partial charge in [0.05, 0.1) is 4.92 Å². The number of rotatable bonds is 5. The number of hydrogen-bond acceptors (Lipinski definition) is 4. The third kappa shape index (κ3) is 3.52. The molecule has 0 bridgehead atoms. The van der Waals surface area contributed by atoms with E-state index in [0.717, 1.165) is 38.3 Å². The van der Waals surface area contributed by atoms with Gasteiger partial charge in [-0.15, -0.1) is 0 Å². The van der Waals surface area contributed by atoms with Crippen LogP contribution in [0.1, 0.15) is 31.2 Å². The molecule has 6 heteroatoms. The van der Waals surface area contributed by atoms with Crippen LogP contribution in [-0.4, -0.2) is 29.0 Å². The Balaban J connectivity index is 2.18. The number of likely N-dealkylation sites (tertiary alicyclic amines) is 1. The second-order valence-electron chi connectivity index (χ2n) is 5.23. The van der Waals surface area contributed by atoms with Gasteiger partial charge in [-0.05, 0) is 44.5 Å². The molecule has 1 saturated heterocycles. The van der Waals surface area contributed by atoms with Crippen LogP contribution in [0.25, 0.3) is 0 Å². The van der Waals surface area contributed by atoms with E-state index < -0.39 is 10.7 Å². The Bertz CT molecular complexity index is 479. The van der Waals surface area contributed by atoms with Crippen molar-refractivity contribution in [2.24, 2.45) is 5.73 Å². The van der Waals surface area contributed by atoms with Crippen molar-refractivity contribution in [3.05, 3.63) is 39.7 Å². The molecule has 0 saturated carbocycles. The molecule has 5 nitrogen and oxygen atoms in total. The minimum Gasteiger partial charge on any atom is -0.330 e. The lowest BCUT2D eigenvalue weighted by atomic mass is 9.98. The zero-order valence-electron chi connectivity index (χ0n) is 11.4. The highest BCUT2D eigenvalue weighted by molar-refractivity contribution is 5.40. The highest BCUT2D eigenvalue weighted by atomic mass is 19.1. The van der Waals surface area contributed by atoms with Gasteiger partial charge in [-0.25, -0.2) is 4.39 Å². The molecule has 0 spiro atoms. The van der Waals surface area contributed by atoms with Crippen LogP contribution in [0, 0.1) is 15.9 Å². The number of nitrogens with two attached hydrogens (primary N) is 1. The molecule has 0 aliphatic carbocycles. The maximum atomic E-state index is 13.3. The molecule has 1 atom stereocenters. The molecule has 1 fully saturated rings. The Kier molecular flexibility index (Phi) is 5.03. The van der Waals surface area contributed by atoms with Gasteiger partial charge in [-0.2, -0.15) is 0 Å². The second kappa shape index (κ2) is 6.76. The van der Waals surface area contributed by atoms with E-state index in [1.807, 2.05) is 0 Å². The highest BCUT2D eigenvalue weighted by Gasteiger charge is 2.24. The summed E-state index contributed by atoms with van der Waals surface area (Å²) in [5, 5.41) is 11.0. The number of piperidine rings is 1. The lowest BCUT2D eigenvalue weighted by Crippen LogP contribution is -2.40. The van der Waals surface area contributed by atoms with Crippen molar-refractivity contribution in [3.8, 4) is 0 Å². The Morgan fingerprint density at radius 2 is 2.25 bits per heavy atom. The first kappa shape index (κ1) is 14.9. The van der Waals surface area contributed by atoms with E-state index in [9.17, 15) is 14.5 Å². The maximum Gasteiger partial charge on any atom is 0.274 e. The summed E-state index contributed by atoms with van der Waals surface area (Å²) in [6.07, 6.45) is 4.17. The van der Waals surface area contributed by atoms with Gasteiger partial charge in [0.15, 0.2) is 0 Å². The van der Waals surface area contributed by atoms with Crippen LogP contribution in [0.2, 0.25) is 0 Å². The quantitative estimate of drug-likeness (QED) is 0.664. The number of nitro groups is 1. The smallest absolute Gasteiger partial charge is 0.274 e. The lowest BCUT2D eigenvalue weighted by molar-refractivity contribution is -0.385. The summed E-state index contributed by atoms with van der Waals surface area (Å²) in [6.45, 7) is 1.91.